The Hall–Kier alpha value is -6.77. The van der Waals surface area contributed by atoms with Crippen molar-refractivity contribution in [3.05, 3.63) is 30.3 Å². The van der Waals surface area contributed by atoms with E-state index in [2.05, 4.69) is 27.7 Å². The van der Waals surface area contributed by atoms with Crippen molar-refractivity contribution in [3.63, 3.8) is 0 Å². The second kappa shape index (κ2) is 75.4. The Morgan fingerprint density at radius 1 is 0.382 bits per heavy atom. The first kappa shape index (κ1) is 112. The summed E-state index contributed by atoms with van der Waals surface area (Å²) in [6.07, 6.45) is 52.1. The summed E-state index contributed by atoms with van der Waals surface area (Å²) in [6, 6.07) is 5.28. The number of carbonyl (C=O) groups is 11. The maximum atomic E-state index is 15.9. The lowest BCUT2D eigenvalue weighted by atomic mass is 9.85. The number of anilines is 1. The Morgan fingerprint density at radius 2 is 0.699 bits per heavy atom. The molecule has 1 aliphatic rings. The number of nitrogens with zero attached hydrogens (tertiary/aromatic N) is 5. The summed E-state index contributed by atoms with van der Waals surface area (Å²) in [5.74, 6) is -12.3. The van der Waals surface area contributed by atoms with E-state index >= 15 is 4.79 Å². The van der Waals surface area contributed by atoms with Crippen molar-refractivity contribution in [1.82, 2.24) is 19.6 Å². The highest BCUT2D eigenvalue weighted by atomic mass is 16.6. The average Bonchev–Trinajstić information content (AvgIpc) is 0.742. The number of hydrogen-bond acceptors (Lipinski definition) is 19. The number of β-lactam (4-membered cyclic amide) rings is 1. The molecule has 26 heteroatoms. The molecule has 2 rings (SSSR count). The minimum Gasteiger partial charge on any atom is -0.480 e. The minimum atomic E-state index is -1.63. The van der Waals surface area contributed by atoms with Gasteiger partial charge in [0.1, 0.15) is 31.4 Å². The number of ether oxygens (including phenoxy) is 5. The van der Waals surface area contributed by atoms with Crippen LogP contribution in [0, 0.1) is 5.92 Å². The largest absolute Gasteiger partial charge is 0.480 e. The summed E-state index contributed by atoms with van der Waals surface area (Å²) in [7, 11) is 1.37. The molecular weight excluding hydrogens is 1570 g/mol. The number of hydrogen-bond donors (Lipinski definition) is 5. The number of esters is 4. The molecule has 1 saturated heterocycles. The first-order chi connectivity index (χ1) is 59.6. The summed E-state index contributed by atoms with van der Waals surface area (Å²) < 4.78 is 32.2. The first-order valence-corrected chi connectivity index (χ1v) is 48.8. The summed E-state index contributed by atoms with van der Waals surface area (Å²) in [5, 5.41) is 49.3. The highest BCUT2D eigenvalue weighted by Crippen LogP contribution is 2.36. The van der Waals surface area contributed by atoms with E-state index in [1.165, 1.54) is 214 Å². The van der Waals surface area contributed by atoms with E-state index in [4.69, 9.17) is 23.7 Å². The van der Waals surface area contributed by atoms with Crippen LogP contribution >= 0.6 is 0 Å². The van der Waals surface area contributed by atoms with Crippen molar-refractivity contribution in [2.45, 2.75) is 424 Å². The van der Waals surface area contributed by atoms with Crippen molar-refractivity contribution in [2.75, 3.05) is 90.7 Å². The number of carboxylic acids is 5. The number of aliphatic carboxylic acids is 5. The fraction of sp³-hybridized carbons (Fsp3) is 0.825. The zero-order chi connectivity index (χ0) is 90.1. The summed E-state index contributed by atoms with van der Waals surface area (Å²) in [4.78, 5) is 154. The molecule has 0 aromatic heterocycles. The van der Waals surface area contributed by atoms with Crippen molar-refractivity contribution in [1.29, 1.82) is 0 Å². The van der Waals surface area contributed by atoms with Gasteiger partial charge in [-0.05, 0) is 44.2 Å². The fourth-order valence-corrected chi connectivity index (χ4v) is 16.3. The van der Waals surface area contributed by atoms with Crippen LogP contribution in [0.1, 0.15) is 394 Å². The Kier molecular flexibility index (Phi) is 68.8. The molecule has 0 bridgehead atoms. The van der Waals surface area contributed by atoms with Gasteiger partial charge in [-0.25, -0.2) is 4.79 Å². The molecule has 0 spiro atoms. The number of carbonyl (C=O) groups excluding carboxylic acids is 6. The molecule has 2 amide bonds. The third-order valence-corrected chi connectivity index (χ3v) is 23.7. The van der Waals surface area contributed by atoms with Crippen LogP contribution in [0.5, 0.6) is 0 Å². The van der Waals surface area contributed by atoms with E-state index in [1.54, 1.807) is 30.3 Å². The van der Waals surface area contributed by atoms with Gasteiger partial charge in [0.05, 0.1) is 32.1 Å². The van der Waals surface area contributed by atoms with Crippen LogP contribution in [0.15, 0.2) is 30.3 Å². The van der Waals surface area contributed by atoms with E-state index in [0.717, 1.165) is 125 Å². The van der Waals surface area contributed by atoms with Gasteiger partial charge in [-0.2, -0.15) is 0 Å². The topological polar surface area (TPSA) is 351 Å². The number of amides is 2. The highest BCUT2D eigenvalue weighted by Gasteiger charge is 2.55. The quantitative estimate of drug-likeness (QED) is 0.0175. The lowest BCUT2D eigenvalue weighted by molar-refractivity contribution is -0.197. The maximum absolute atomic E-state index is 15.9. The van der Waals surface area contributed by atoms with E-state index in [-0.39, 0.29) is 52.0 Å². The van der Waals surface area contributed by atoms with Crippen molar-refractivity contribution < 1.29 is 102 Å². The number of para-hydroxylation sites is 1. The zero-order valence-electron chi connectivity index (χ0n) is 77.1. The van der Waals surface area contributed by atoms with Crippen LogP contribution in [0.4, 0.5) is 5.69 Å². The molecule has 1 fully saturated rings. The normalized spacial score (nSPS) is 14.3. The van der Waals surface area contributed by atoms with Crippen LogP contribution < -0.4 is 4.90 Å². The molecule has 5 N–H and O–H groups in total. The Bertz CT molecular complexity index is 2870. The van der Waals surface area contributed by atoms with Crippen LogP contribution in [0.3, 0.4) is 0 Å². The van der Waals surface area contributed by atoms with Gasteiger partial charge in [0.2, 0.25) is 11.8 Å². The van der Waals surface area contributed by atoms with Gasteiger partial charge in [0.25, 0.3) is 0 Å². The number of carboxylic acid groups (broad SMARTS) is 5. The predicted molar refractivity (Wildman–Crippen MR) is 483 cm³/mol. The third-order valence-electron chi connectivity index (χ3n) is 23.7. The lowest BCUT2D eigenvalue weighted by Gasteiger charge is -2.47. The average molecular weight is 1740 g/mol. The number of unbranched alkanes of at least 4 members (excludes halogenated alkanes) is 48. The molecule has 1 aromatic rings. The Labute approximate surface area is 740 Å². The Morgan fingerprint density at radius 3 is 1.03 bits per heavy atom. The second-order valence-corrected chi connectivity index (χ2v) is 34.7. The first-order valence-electron chi connectivity index (χ1n) is 48.8. The SMILES string of the molecule is CCCCCCCCCCCCCCCOC(COC(=O)CCCCCCCCCCCCCCC)C(OC(=O)C1C(CN(C)C(=O)CCC(C(=O)O)N(CCN(CC(=O)O)CC(=O)O)CCN(CC(=O)O)CC(=O)O)C(=O)N1c1ccccc1)C(COC(=O)CCCCCCCCCCCCCCC)OC(=O)CCCCCCCCCCCCCCC. The van der Waals surface area contributed by atoms with Gasteiger partial charge in [-0.3, -0.25) is 67.5 Å². The third kappa shape index (κ3) is 58.3. The smallest absolute Gasteiger partial charge is 0.330 e. The monoisotopic (exact) mass is 1740 g/mol. The van der Waals surface area contributed by atoms with Crippen LogP contribution in [-0.2, 0) is 76.4 Å². The van der Waals surface area contributed by atoms with E-state index in [9.17, 15) is 73.5 Å². The minimum absolute atomic E-state index is 0.0105. The lowest BCUT2D eigenvalue weighted by Crippen LogP contribution is -2.68. The zero-order valence-corrected chi connectivity index (χ0v) is 77.1. The van der Waals surface area contributed by atoms with Gasteiger partial charge in [0.15, 0.2) is 12.2 Å². The number of rotatable bonds is 88. The summed E-state index contributed by atoms with van der Waals surface area (Å²) in [6.45, 7) is 3.31. The predicted octanol–water partition coefficient (Wildman–Crippen LogP) is 19.8. The second-order valence-electron chi connectivity index (χ2n) is 34.7. The number of benzene rings is 1. The molecule has 123 heavy (non-hydrogen) atoms. The molecule has 6 atom stereocenters. The molecular formula is C97H169N5O21. The van der Waals surface area contributed by atoms with E-state index in [0.29, 0.717) is 31.4 Å². The fourth-order valence-electron chi connectivity index (χ4n) is 16.3. The van der Waals surface area contributed by atoms with Crippen LogP contribution in [0.2, 0.25) is 0 Å². The van der Waals surface area contributed by atoms with Gasteiger partial charge < -0.3 is 54.1 Å². The summed E-state index contributed by atoms with van der Waals surface area (Å²) >= 11 is 0. The molecule has 708 valence electrons. The van der Waals surface area contributed by atoms with Crippen LogP contribution in [0.25, 0.3) is 0 Å². The van der Waals surface area contributed by atoms with Crippen molar-refractivity contribution >= 4 is 71.2 Å². The van der Waals surface area contributed by atoms with E-state index in [1.807, 2.05) is 0 Å². The molecule has 1 aliphatic heterocycles. The van der Waals surface area contributed by atoms with Gasteiger partial charge in [-0.1, -0.05) is 354 Å². The molecule has 6 unspecified atom stereocenters. The van der Waals surface area contributed by atoms with Gasteiger partial charge >= 0.3 is 53.7 Å². The highest BCUT2D eigenvalue weighted by molar-refractivity contribution is 6.11. The Balaban J connectivity index is 2.76. The van der Waals surface area contributed by atoms with Gasteiger partial charge in [-0.15, -0.1) is 0 Å². The standard InChI is InChI=1S/C97H169N5O21/c1-6-10-14-18-22-26-30-34-38-42-46-50-57-63-90(112)120-78-83(119-72-60-53-49-45-41-37-33-29-25-21-17-13-9-4)94(84(122-92(114)65-59-52-48-44-40-36-32-28-24-20-16-12-8-3)79-121-91(113)64-58-51-47-43-39-35-31-27-23-19-15-11-7-2)123-97(118)93-81(95(115)102(93)80-61-55-54-56-62-80)73-98(5)85(103)67-66-82(96(116)117)101(70-68-99(74-86(104)105)75-87(106)107)71-69-100(76-88(108)109)77-89(110)111/h54-56,61-62,81-84,93-94H,6-53,57-60,63-79H2,1-5H3,(H,104,105)(H,106,107)(H,108,109)(H,110,111)(H,116,117). The van der Waals surface area contributed by atoms with E-state index < -0.39 is 161 Å². The van der Waals surface area contributed by atoms with Crippen LogP contribution in [-0.4, -0.2) is 227 Å². The van der Waals surface area contributed by atoms with Gasteiger partial charge in [0, 0.05) is 77.7 Å². The molecule has 1 heterocycles. The molecule has 0 aliphatic carbocycles. The van der Waals surface area contributed by atoms with Crippen molar-refractivity contribution in [3.8, 4) is 0 Å². The molecule has 26 nitrogen and oxygen atoms in total. The molecule has 0 radical (unpaired) electrons. The molecule has 0 saturated carbocycles. The maximum Gasteiger partial charge on any atom is 0.330 e. The summed E-state index contributed by atoms with van der Waals surface area (Å²) in [5.41, 5.74) is 0.298. The molecule has 1 aromatic carbocycles. The van der Waals surface area contributed by atoms with Crippen molar-refractivity contribution in [2.24, 2.45) is 5.92 Å².